The van der Waals surface area contributed by atoms with Gasteiger partial charge in [-0.3, -0.25) is 9.59 Å². The molecule has 1 N–H and O–H groups in total. The SMILES string of the molecule is CCN(CC)C(=O)COc1ccc(NC(=O)CCc2cc(OC)cc(OC)c2)cc1Cl. The molecule has 7 nitrogen and oxygen atoms in total. The summed E-state index contributed by atoms with van der Waals surface area (Å²) in [7, 11) is 3.17. The number of ether oxygens (including phenoxy) is 3. The molecule has 0 saturated carbocycles. The molecule has 0 atom stereocenters. The van der Waals surface area contributed by atoms with E-state index in [0.717, 1.165) is 5.56 Å². The number of rotatable bonds is 11. The molecule has 2 aromatic rings. The van der Waals surface area contributed by atoms with Crippen molar-refractivity contribution in [2.75, 3.05) is 39.2 Å². The first-order valence-corrected chi connectivity index (χ1v) is 10.5. The summed E-state index contributed by atoms with van der Waals surface area (Å²) >= 11 is 6.25. The lowest BCUT2D eigenvalue weighted by atomic mass is 10.1. The number of carbonyl (C=O) groups is 2. The number of nitrogens with zero attached hydrogens (tertiary/aromatic N) is 1. The lowest BCUT2D eigenvalue weighted by Crippen LogP contribution is -2.34. The molecule has 0 bridgehead atoms. The van der Waals surface area contributed by atoms with Crippen molar-refractivity contribution >= 4 is 29.1 Å². The van der Waals surface area contributed by atoms with Crippen molar-refractivity contribution in [1.82, 2.24) is 4.90 Å². The molecule has 0 spiro atoms. The van der Waals surface area contributed by atoms with E-state index in [4.69, 9.17) is 25.8 Å². The molecule has 0 aliphatic rings. The molecule has 0 aliphatic carbocycles. The third kappa shape index (κ3) is 7.36. The average molecular weight is 449 g/mol. The number of nitrogens with one attached hydrogen (secondary N) is 1. The fourth-order valence-electron chi connectivity index (χ4n) is 2.99. The second-order valence-corrected chi connectivity index (χ2v) is 7.18. The third-order valence-electron chi connectivity index (χ3n) is 4.73. The van der Waals surface area contributed by atoms with E-state index in [0.29, 0.717) is 47.5 Å². The van der Waals surface area contributed by atoms with E-state index in [-0.39, 0.29) is 24.8 Å². The van der Waals surface area contributed by atoms with Crippen molar-refractivity contribution in [1.29, 1.82) is 0 Å². The van der Waals surface area contributed by atoms with Gasteiger partial charge in [0.1, 0.15) is 17.2 Å². The Bertz CT molecular complexity index is 877. The van der Waals surface area contributed by atoms with Gasteiger partial charge in [0.05, 0.1) is 19.2 Å². The van der Waals surface area contributed by atoms with E-state index in [1.165, 1.54) is 0 Å². The first kappa shape index (κ1) is 24.3. The minimum Gasteiger partial charge on any atom is -0.497 e. The Morgan fingerprint density at radius 1 is 1.00 bits per heavy atom. The molecule has 0 fully saturated rings. The number of amides is 2. The van der Waals surface area contributed by atoms with Gasteiger partial charge in [-0.2, -0.15) is 0 Å². The first-order chi connectivity index (χ1) is 14.9. The molecule has 0 heterocycles. The van der Waals surface area contributed by atoms with Crippen LogP contribution in [0.15, 0.2) is 36.4 Å². The van der Waals surface area contributed by atoms with Crippen molar-refractivity contribution < 1.29 is 23.8 Å². The maximum Gasteiger partial charge on any atom is 0.260 e. The van der Waals surface area contributed by atoms with Gasteiger partial charge in [-0.05, 0) is 56.2 Å². The summed E-state index contributed by atoms with van der Waals surface area (Å²) < 4.78 is 16.0. The predicted molar refractivity (Wildman–Crippen MR) is 121 cm³/mol. The molecule has 168 valence electrons. The van der Waals surface area contributed by atoms with Crippen LogP contribution < -0.4 is 19.5 Å². The van der Waals surface area contributed by atoms with Crippen LogP contribution in [0.3, 0.4) is 0 Å². The van der Waals surface area contributed by atoms with E-state index < -0.39 is 0 Å². The monoisotopic (exact) mass is 448 g/mol. The fraction of sp³-hybridized carbons (Fsp3) is 0.391. The first-order valence-electron chi connectivity index (χ1n) is 10.1. The second-order valence-electron chi connectivity index (χ2n) is 6.77. The van der Waals surface area contributed by atoms with Crippen molar-refractivity contribution in [2.45, 2.75) is 26.7 Å². The van der Waals surface area contributed by atoms with Crippen molar-refractivity contribution in [3.8, 4) is 17.2 Å². The Labute approximate surface area is 188 Å². The number of halogens is 1. The van der Waals surface area contributed by atoms with E-state index in [9.17, 15) is 9.59 Å². The number of aryl methyl sites for hydroxylation is 1. The van der Waals surface area contributed by atoms with Crippen molar-refractivity contribution in [3.05, 3.63) is 47.0 Å². The van der Waals surface area contributed by atoms with Crippen LogP contribution in [0.1, 0.15) is 25.8 Å². The van der Waals surface area contributed by atoms with Crippen molar-refractivity contribution in [2.24, 2.45) is 0 Å². The number of methoxy groups -OCH3 is 2. The largest absolute Gasteiger partial charge is 0.497 e. The maximum absolute atomic E-state index is 12.3. The summed E-state index contributed by atoms with van der Waals surface area (Å²) in [5, 5.41) is 3.14. The van der Waals surface area contributed by atoms with E-state index in [2.05, 4.69) is 5.32 Å². The summed E-state index contributed by atoms with van der Waals surface area (Å²) in [6.07, 6.45) is 0.812. The summed E-state index contributed by atoms with van der Waals surface area (Å²) in [5.74, 6) is 1.49. The summed E-state index contributed by atoms with van der Waals surface area (Å²) in [6, 6.07) is 10.5. The maximum atomic E-state index is 12.3. The highest BCUT2D eigenvalue weighted by molar-refractivity contribution is 6.32. The van der Waals surface area contributed by atoms with E-state index in [1.54, 1.807) is 43.4 Å². The average Bonchev–Trinajstić information content (AvgIpc) is 2.77. The molecular formula is C23H29ClN2O5. The van der Waals surface area contributed by atoms with Crippen molar-refractivity contribution in [3.63, 3.8) is 0 Å². The zero-order valence-corrected chi connectivity index (χ0v) is 19.1. The van der Waals surface area contributed by atoms with E-state index >= 15 is 0 Å². The molecule has 31 heavy (non-hydrogen) atoms. The number of benzene rings is 2. The smallest absolute Gasteiger partial charge is 0.260 e. The standard InChI is InChI=1S/C23H29ClN2O5/c1-5-26(6-2)23(28)15-31-21-9-8-17(13-20(21)24)25-22(27)10-7-16-11-18(29-3)14-19(12-16)30-4/h8-9,11-14H,5-7,10,15H2,1-4H3,(H,25,27). The topological polar surface area (TPSA) is 77.1 Å². The summed E-state index contributed by atoms with van der Waals surface area (Å²) in [4.78, 5) is 26.1. The number of carbonyl (C=O) groups excluding carboxylic acids is 2. The molecule has 0 saturated heterocycles. The molecule has 0 unspecified atom stereocenters. The Morgan fingerprint density at radius 2 is 1.65 bits per heavy atom. The zero-order valence-electron chi connectivity index (χ0n) is 18.4. The van der Waals surface area contributed by atoms with Crippen LogP contribution in [0, 0.1) is 0 Å². The van der Waals surface area contributed by atoms with Gasteiger partial charge in [0, 0.05) is 31.3 Å². The fourth-order valence-corrected chi connectivity index (χ4v) is 3.23. The summed E-state index contributed by atoms with van der Waals surface area (Å²) in [5.41, 5.74) is 1.49. The quantitative estimate of drug-likeness (QED) is 0.558. The van der Waals surface area contributed by atoms with Crippen LogP contribution in [0.5, 0.6) is 17.2 Å². The number of likely N-dealkylation sites (N-methyl/N-ethyl adjacent to an activating group) is 1. The Kier molecular flexibility index (Phi) is 9.46. The molecule has 2 amide bonds. The normalized spacial score (nSPS) is 10.4. The number of hydrogen-bond acceptors (Lipinski definition) is 5. The van der Waals surface area contributed by atoms with Gasteiger partial charge in [0.15, 0.2) is 6.61 Å². The van der Waals surface area contributed by atoms with Crippen LogP contribution in [0.2, 0.25) is 5.02 Å². The van der Waals surface area contributed by atoms with Gasteiger partial charge >= 0.3 is 0 Å². The molecular weight excluding hydrogens is 420 g/mol. The Hall–Kier alpha value is -2.93. The van der Waals surface area contributed by atoms with Gasteiger partial charge in [0.25, 0.3) is 5.91 Å². The van der Waals surface area contributed by atoms with Crippen LogP contribution in [0.25, 0.3) is 0 Å². The number of hydrogen-bond donors (Lipinski definition) is 1. The van der Waals surface area contributed by atoms with Crippen LogP contribution in [-0.4, -0.2) is 50.6 Å². The van der Waals surface area contributed by atoms with Gasteiger partial charge < -0.3 is 24.4 Å². The lowest BCUT2D eigenvalue weighted by molar-refractivity contribution is -0.133. The van der Waals surface area contributed by atoms with Crippen LogP contribution in [0.4, 0.5) is 5.69 Å². The Balaban J connectivity index is 1.91. The van der Waals surface area contributed by atoms with Gasteiger partial charge in [-0.25, -0.2) is 0 Å². The minimum atomic E-state index is -0.150. The van der Waals surface area contributed by atoms with Crippen LogP contribution in [-0.2, 0) is 16.0 Å². The highest BCUT2D eigenvalue weighted by atomic mass is 35.5. The molecule has 0 radical (unpaired) electrons. The molecule has 0 aliphatic heterocycles. The van der Waals surface area contributed by atoms with Gasteiger partial charge in [0.2, 0.25) is 5.91 Å². The predicted octanol–water partition coefficient (Wildman–Crippen LogP) is 4.18. The highest BCUT2D eigenvalue weighted by Crippen LogP contribution is 2.28. The lowest BCUT2D eigenvalue weighted by Gasteiger charge is -2.19. The minimum absolute atomic E-state index is 0.0862. The molecule has 2 rings (SSSR count). The summed E-state index contributed by atoms with van der Waals surface area (Å²) in [6.45, 7) is 4.99. The van der Waals surface area contributed by atoms with Gasteiger partial charge in [-0.15, -0.1) is 0 Å². The molecule has 8 heteroatoms. The zero-order chi connectivity index (χ0) is 22.8. The van der Waals surface area contributed by atoms with E-state index in [1.807, 2.05) is 26.0 Å². The third-order valence-corrected chi connectivity index (χ3v) is 5.03. The number of anilines is 1. The molecule has 2 aromatic carbocycles. The Morgan fingerprint density at radius 3 is 2.19 bits per heavy atom. The van der Waals surface area contributed by atoms with Crippen LogP contribution >= 0.6 is 11.6 Å². The molecule has 0 aromatic heterocycles. The second kappa shape index (κ2) is 12.1. The van der Waals surface area contributed by atoms with Gasteiger partial charge in [-0.1, -0.05) is 11.6 Å². The highest BCUT2D eigenvalue weighted by Gasteiger charge is 2.12.